The van der Waals surface area contributed by atoms with E-state index >= 15 is 0 Å². The molecule has 0 aromatic carbocycles. The number of hydrogen-bond acceptors (Lipinski definition) is 4. The number of rotatable bonds is 4. The van der Waals surface area contributed by atoms with Crippen molar-refractivity contribution in [2.45, 2.75) is 51.6 Å². The van der Waals surface area contributed by atoms with Crippen LogP contribution in [0.4, 0.5) is 0 Å². The topological polar surface area (TPSA) is 95.7 Å². The number of aromatic nitrogens is 2. The van der Waals surface area contributed by atoms with Crippen LogP contribution in [0.25, 0.3) is 0 Å². The van der Waals surface area contributed by atoms with Crippen molar-refractivity contribution in [2.75, 3.05) is 19.6 Å². The lowest BCUT2D eigenvalue weighted by Crippen LogP contribution is -2.45. The summed E-state index contributed by atoms with van der Waals surface area (Å²) in [7, 11) is 0. The first-order valence-corrected chi connectivity index (χ1v) is 9.78. The van der Waals surface area contributed by atoms with Gasteiger partial charge in [0.1, 0.15) is 11.7 Å². The molecule has 1 spiro atoms. The van der Waals surface area contributed by atoms with E-state index in [2.05, 4.69) is 5.10 Å². The van der Waals surface area contributed by atoms with Gasteiger partial charge in [-0.15, -0.1) is 0 Å². The van der Waals surface area contributed by atoms with Gasteiger partial charge in [-0.2, -0.15) is 5.10 Å². The number of aryl methyl sites for hydroxylation is 1. The molecule has 1 aromatic heterocycles. The lowest BCUT2D eigenvalue weighted by Gasteiger charge is -2.39. The Hall–Kier alpha value is -2.38. The standard InChI is InChI=1S/C19H26N4O4/c1-2-23-14(5-8-20-23)17(25)22-12-19(11-15(22)18(26)27)6-9-21(10-7-19)16(24)13-3-4-13/h5,8,13,15H,2-4,6-7,9-12H2,1H3,(H,26,27)/t15-/m1/s1. The molecule has 0 radical (unpaired) electrons. The van der Waals surface area contributed by atoms with Crippen molar-refractivity contribution in [3.05, 3.63) is 18.0 Å². The average Bonchev–Trinajstić information content (AvgIpc) is 3.29. The Morgan fingerprint density at radius 3 is 2.56 bits per heavy atom. The molecular formula is C19H26N4O4. The zero-order valence-corrected chi connectivity index (χ0v) is 15.6. The molecule has 3 aliphatic rings. The monoisotopic (exact) mass is 374 g/mol. The Kier molecular flexibility index (Phi) is 4.44. The number of carboxylic acid groups (broad SMARTS) is 1. The highest BCUT2D eigenvalue weighted by Crippen LogP contribution is 2.44. The van der Waals surface area contributed by atoms with Crippen molar-refractivity contribution >= 4 is 17.8 Å². The van der Waals surface area contributed by atoms with Crippen LogP contribution in [-0.2, 0) is 16.1 Å². The Morgan fingerprint density at radius 2 is 1.96 bits per heavy atom. The Bertz CT molecular complexity index is 762. The van der Waals surface area contributed by atoms with E-state index in [0.29, 0.717) is 38.3 Å². The molecule has 0 unspecified atom stereocenters. The molecule has 1 aromatic rings. The summed E-state index contributed by atoms with van der Waals surface area (Å²) in [5.41, 5.74) is 0.220. The number of carbonyl (C=O) groups excluding carboxylic acids is 2. The minimum absolute atomic E-state index is 0.210. The van der Waals surface area contributed by atoms with Gasteiger partial charge in [0.2, 0.25) is 5.91 Å². The van der Waals surface area contributed by atoms with Crippen LogP contribution in [0.15, 0.2) is 12.3 Å². The Balaban J connectivity index is 1.50. The molecule has 1 atom stereocenters. The summed E-state index contributed by atoms with van der Waals surface area (Å²) in [5, 5.41) is 13.8. The Labute approximate surface area is 158 Å². The van der Waals surface area contributed by atoms with Gasteiger partial charge in [0.05, 0.1) is 0 Å². The van der Waals surface area contributed by atoms with Crippen LogP contribution in [0, 0.1) is 11.3 Å². The number of hydrogen-bond donors (Lipinski definition) is 1. The SMILES string of the molecule is CCn1nccc1C(=O)N1CC2(CCN(C(=O)C3CC3)CC2)C[C@@H]1C(=O)O. The van der Waals surface area contributed by atoms with E-state index in [4.69, 9.17) is 0 Å². The summed E-state index contributed by atoms with van der Waals surface area (Å²) >= 11 is 0. The van der Waals surface area contributed by atoms with E-state index in [1.807, 2.05) is 11.8 Å². The average molecular weight is 374 g/mol. The number of amides is 2. The molecule has 3 heterocycles. The van der Waals surface area contributed by atoms with Gasteiger partial charge in [-0.25, -0.2) is 4.79 Å². The van der Waals surface area contributed by atoms with E-state index in [1.165, 1.54) is 4.90 Å². The minimum atomic E-state index is -0.959. The zero-order chi connectivity index (χ0) is 19.2. The summed E-state index contributed by atoms with van der Waals surface area (Å²) in [5.74, 6) is -0.770. The summed E-state index contributed by atoms with van der Waals surface area (Å²) in [4.78, 5) is 40.6. The van der Waals surface area contributed by atoms with E-state index in [-0.39, 0.29) is 23.1 Å². The van der Waals surface area contributed by atoms with Gasteiger partial charge in [0.25, 0.3) is 5.91 Å². The maximum atomic E-state index is 13.0. The lowest BCUT2D eigenvalue weighted by molar-refractivity contribution is -0.141. The van der Waals surface area contributed by atoms with Gasteiger partial charge >= 0.3 is 5.97 Å². The molecule has 1 aliphatic carbocycles. The maximum Gasteiger partial charge on any atom is 0.326 e. The molecule has 2 amide bonds. The fraction of sp³-hybridized carbons (Fsp3) is 0.684. The molecular weight excluding hydrogens is 348 g/mol. The number of carboxylic acids is 1. The van der Waals surface area contributed by atoms with Gasteiger partial charge < -0.3 is 14.9 Å². The first-order valence-electron chi connectivity index (χ1n) is 9.78. The van der Waals surface area contributed by atoms with Crippen molar-refractivity contribution in [3.8, 4) is 0 Å². The van der Waals surface area contributed by atoms with E-state index in [0.717, 1.165) is 25.7 Å². The molecule has 0 bridgehead atoms. The predicted octanol–water partition coefficient (Wildman–Crippen LogP) is 1.22. The smallest absolute Gasteiger partial charge is 0.326 e. The van der Waals surface area contributed by atoms with Gasteiger partial charge in [0.15, 0.2) is 0 Å². The van der Waals surface area contributed by atoms with Crippen LogP contribution < -0.4 is 0 Å². The molecule has 2 aliphatic heterocycles. The summed E-state index contributed by atoms with van der Waals surface area (Å²) in [6, 6.07) is 0.829. The number of piperidine rings is 1. The Morgan fingerprint density at radius 1 is 1.26 bits per heavy atom. The fourth-order valence-corrected chi connectivity index (χ4v) is 4.56. The highest BCUT2D eigenvalue weighted by atomic mass is 16.4. The second-order valence-corrected chi connectivity index (χ2v) is 8.12. The molecule has 4 rings (SSSR count). The predicted molar refractivity (Wildman–Crippen MR) is 95.9 cm³/mol. The second kappa shape index (κ2) is 6.65. The molecule has 3 fully saturated rings. The van der Waals surface area contributed by atoms with E-state index in [9.17, 15) is 19.5 Å². The maximum absolute atomic E-state index is 13.0. The van der Waals surface area contributed by atoms with Gasteiger partial charge in [-0.3, -0.25) is 14.3 Å². The largest absolute Gasteiger partial charge is 0.480 e. The molecule has 2 saturated heterocycles. The van der Waals surface area contributed by atoms with Crippen LogP contribution in [0.5, 0.6) is 0 Å². The molecule has 8 nitrogen and oxygen atoms in total. The molecule has 1 N–H and O–H groups in total. The van der Waals surface area contributed by atoms with Crippen molar-refractivity contribution in [1.82, 2.24) is 19.6 Å². The summed E-state index contributed by atoms with van der Waals surface area (Å²) in [6.07, 6.45) is 5.53. The number of carbonyl (C=O) groups is 3. The highest BCUT2D eigenvalue weighted by Gasteiger charge is 2.51. The van der Waals surface area contributed by atoms with Crippen LogP contribution in [-0.4, -0.2) is 68.1 Å². The normalized spacial score (nSPS) is 24.4. The van der Waals surface area contributed by atoms with Crippen LogP contribution in [0.2, 0.25) is 0 Å². The van der Waals surface area contributed by atoms with Crippen LogP contribution in [0.1, 0.15) is 49.5 Å². The van der Waals surface area contributed by atoms with Crippen molar-refractivity contribution in [2.24, 2.45) is 11.3 Å². The zero-order valence-electron chi connectivity index (χ0n) is 15.6. The minimum Gasteiger partial charge on any atom is -0.480 e. The quantitative estimate of drug-likeness (QED) is 0.855. The van der Waals surface area contributed by atoms with Crippen molar-refractivity contribution < 1.29 is 19.5 Å². The third kappa shape index (κ3) is 3.21. The van der Waals surface area contributed by atoms with E-state index in [1.54, 1.807) is 16.9 Å². The highest BCUT2D eigenvalue weighted by molar-refractivity contribution is 5.95. The van der Waals surface area contributed by atoms with Gasteiger partial charge in [-0.1, -0.05) is 0 Å². The first-order chi connectivity index (χ1) is 12.9. The number of nitrogens with zero attached hydrogens (tertiary/aromatic N) is 4. The summed E-state index contributed by atoms with van der Waals surface area (Å²) in [6.45, 7) is 4.22. The number of likely N-dealkylation sites (tertiary alicyclic amines) is 2. The van der Waals surface area contributed by atoms with Crippen LogP contribution in [0.3, 0.4) is 0 Å². The van der Waals surface area contributed by atoms with E-state index < -0.39 is 12.0 Å². The number of aliphatic carboxylic acids is 1. The third-order valence-corrected chi connectivity index (χ3v) is 6.35. The van der Waals surface area contributed by atoms with Gasteiger partial charge in [0, 0.05) is 38.3 Å². The van der Waals surface area contributed by atoms with Crippen molar-refractivity contribution in [1.29, 1.82) is 0 Å². The third-order valence-electron chi connectivity index (χ3n) is 6.35. The second-order valence-electron chi connectivity index (χ2n) is 8.12. The first kappa shape index (κ1) is 18.0. The molecule has 8 heteroatoms. The summed E-state index contributed by atoms with van der Waals surface area (Å²) < 4.78 is 1.60. The fourth-order valence-electron chi connectivity index (χ4n) is 4.56. The van der Waals surface area contributed by atoms with Crippen molar-refractivity contribution in [3.63, 3.8) is 0 Å². The van der Waals surface area contributed by atoms with Gasteiger partial charge in [-0.05, 0) is 50.5 Å². The molecule has 1 saturated carbocycles. The lowest BCUT2D eigenvalue weighted by atomic mass is 9.76. The molecule has 146 valence electrons. The van der Waals surface area contributed by atoms with Crippen LogP contribution >= 0.6 is 0 Å². The molecule has 27 heavy (non-hydrogen) atoms.